The molecule has 1 aromatic rings. The van der Waals surface area contributed by atoms with Gasteiger partial charge in [0.2, 0.25) is 0 Å². The number of esters is 1. The van der Waals surface area contributed by atoms with Crippen molar-refractivity contribution in [2.24, 2.45) is 0 Å². The molecule has 0 amide bonds. The molecule has 4 nitrogen and oxygen atoms in total. The topological polar surface area (TPSA) is 69.4 Å². The van der Waals surface area contributed by atoms with Crippen LogP contribution in [0.15, 0.2) is 18.2 Å². The highest BCUT2D eigenvalue weighted by Gasteiger charge is 2.21. The second-order valence-corrected chi connectivity index (χ2v) is 6.31. The number of anilines is 1. The number of rotatable bonds is 3. The molecule has 0 aliphatic rings. The Labute approximate surface area is 117 Å². The summed E-state index contributed by atoms with van der Waals surface area (Å²) in [5.74, 6) is -0.0460. The van der Waals surface area contributed by atoms with E-state index >= 15 is 0 Å². The molecule has 0 spiro atoms. The summed E-state index contributed by atoms with van der Waals surface area (Å²) in [6.45, 7) is 6.90. The molecule has 1 rings (SSSR count). The zero-order chi connectivity index (χ0) is 14.6. The Bertz CT molecular complexity index is 492. The maximum atomic E-state index is 12.1. The van der Waals surface area contributed by atoms with Crippen molar-refractivity contribution in [1.82, 2.24) is 0 Å². The van der Waals surface area contributed by atoms with E-state index in [4.69, 9.17) is 10.5 Å². The van der Waals surface area contributed by atoms with Crippen LogP contribution in [0.2, 0.25) is 0 Å². The van der Waals surface area contributed by atoms with Crippen LogP contribution in [0, 0.1) is 0 Å². The zero-order valence-corrected chi connectivity index (χ0v) is 12.5. The van der Waals surface area contributed by atoms with Gasteiger partial charge in [0, 0.05) is 18.4 Å². The smallest absolute Gasteiger partial charge is 0.339 e. The quantitative estimate of drug-likeness (QED) is 0.681. The third kappa shape index (κ3) is 4.95. The molecule has 19 heavy (non-hydrogen) atoms. The van der Waals surface area contributed by atoms with Gasteiger partial charge in [-0.1, -0.05) is 17.8 Å². The Morgan fingerprint density at radius 2 is 1.95 bits per heavy atom. The third-order valence-electron chi connectivity index (χ3n) is 2.25. The van der Waals surface area contributed by atoms with E-state index in [0.29, 0.717) is 22.6 Å². The van der Waals surface area contributed by atoms with Gasteiger partial charge in [0.15, 0.2) is 5.12 Å². The highest BCUT2D eigenvalue weighted by molar-refractivity contribution is 8.12. The Kier molecular flexibility index (Phi) is 5.00. The van der Waals surface area contributed by atoms with Gasteiger partial charge in [0.05, 0.1) is 5.56 Å². The maximum absolute atomic E-state index is 12.1. The molecule has 2 N–H and O–H groups in total. The molecule has 0 heterocycles. The van der Waals surface area contributed by atoms with Crippen LogP contribution in [0.3, 0.4) is 0 Å². The van der Waals surface area contributed by atoms with Crippen molar-refractivity contribution >= 4 is 28.5 Å². The Morgan fingerprint density at radius 1 is 1.32 bits per heavy atom. The van der Waals surface area contributed by atoms with Crippen molar-refractivity contribution in [3.05, 3.63) is 29.3 Å². The zero-order valence-electron chi connectivity index (χ0n) is 11.6. The predicted molar refractivity (Wildman–Crippen MR) is 78.0 cm³/mol. The number of benzene rings is 1. The molecule has 1 aromatic carbocycles. The lowest BCUT2D eigenvalue weighted by atomic mass is 10.1. The molecule has 0 aliphatic heterocycles. The van der Waals surface area contributed by atoms with Gasteiger partial charge >= 0.3 is 5.97 Å². The summed E-state index contributed by atoms with van der Waals surface area (Å²) >= 11 is 1.12. The van der Waals surface area contributed by atoms with Crippen molar-refractivity contribution in [3.8, 4) is 0 Å². The van der Waals surface area contributed by atoms with Gasteiger partial charge in [-0.2, -0.15) is 0 Å². The Morgan fingerprint density at radius 3 is 2.47 bits per heavy atom. The summed E-state index contributed by atoms with van der Waals surface area (Å²) in [6.07, 6.45) is 0. The van der Waals surface area contributed by atoms with Gasteiger partial charge in [0.1, 0.15) is 5.60 Å². The fourth-order valence-corrected chi connectivity index (χ4v) is 2.13. The van der Waals surface area contributed by atoms with Gasteiger partial charge in [-0.15, -0.1) is 0 Å². The second-order valence-electron chi connectivity index (χ2n) is 5.16. The van der Waals surface area contributed by atoms with Crippen LogP contribution in [0.25, 0.3) is 0 Å². The van der Waals surface area contributed by atoms with Gasteiger partial charge in [-0.3, -0.25) is 4.79 Å². The van der Waals surface area contributed by atoms with E-state index in [9.17, 15) is 9.59 Å². The molecular formula is C14H19NO3S. The summed E-state index contributed by atoms with van der Waals surface area (Å²) in [5.41, 5.74) is 6.88. The highest BCUT2D eigenvalue weighted by Crippen LogP contribution is 2.25. The Balaban J connectivity index is 3.03. The SMILES string of the molecule is CC(=O)SCc1c(N)cccc1C(=O)OC(C)(C)C. The fraction of sp³-hybridized carbons (Fsp3) is 0.429. The lowest BCUT2D eigenvalue weighted by molar-refractivity contribution is -0.109. The normalized spacial score (nSPS) is 11.2. The predicted octanol–water partition coefficient (Wildman–Crippen LogP) is 3.00. The monoisotopic (exact) mass is 281 g/mol. The van der Waals surface area contributed by atoms with Crippen molar-refractivity contribution in [3.63, 3.8) is 0 Å². The number of nitrogens with two attached hydrogens (primary N) is 1. The first kappa shape index (κ1) is 15.6. The molecule has 5 heteroatoms. The summed E-state index contributed by atoms with van der Waals surface area (Å²) in [5, 5.41) is -0.0154. The third-order valence-corrected chi connectivity index (χ3v) is 3.09. The first-order valence-electron chi connectivity index (χ1n) is 5.95. The van der Waals surface area contributed by atoms with E-state index < -0.39 is 11.6 Å². The number of carbonyl (C=O) groups is 2. The standard InChI is InChI=1S/C14H19NO3S/c1-9(16)19-8-11-10(6-5-7-12(11)15)13(17)18-14(2,3)4/h5-7H,8,15H2,1-4H3. The number of nitrogen functional groups attached to an aromatic ring is 1. The first-order valence-corrected chi connectivity index (χ1v) is 6.93. The number of ether oxygens (including phenoxy) is 1. The molecule has 0 saturated carbocycles. The van der Waals surface area contributed by atoms with Crippen molar-refractivity contribution in [2.45, 2.75) is 39.0 Å². The number of hydrogen-bond donors (Lipinski definition) is 1. The van der Waals surface area contributed by atoms with Crippen molar-refractivity contribution < 1.29 is 14.3 Å². The highest BCUT2D eigenvalue weighted by atomic mass is 32.2. The fourth-order valence-electron chi connectivity index (χ4n) is 1.46. The van der Waals surface area contributed by atoms with E-state index in [1.807, 2.05) is 0 Å². The number of carbonyl (C=O) groups excluding carboxylic acids is 2. The first-order chi connectivity index (χ1) is 8.70. The molecule has 0 fully saturated rings. The van der Waals surface area contributed by atoms with Crippen molar-refractivity contribution in [1.29, 1.82) is 0 Å². The van der Waals surface area contributed by atoms with Crippen LogP contribution >= 0.6 is 11.8 Å². The summed E-state index contributed by atoms with van der Waals surface area (Å²) in [6, 6.07) is 5.08. The molecule has 104 valence electrons. The minimum atomic E-state index is -0.563. The largest absolute Gasteiger partial charge is 0.456 e. The molecule has 0 atom stereocenters. The van der Waals surface area contributed by atoms with Gasteiger partial charge in [-0.25, -0.2) is 4.79 Å². The van der Waals surface area contributed by atoms with Crippen molar-refractivity contribution in [2.75, 3.05) is 5.73 Å². The Hall–Kier alpha value is -1.49. The van der Waals surface area contributed by atoms with Crippen LogP contribution in [0.1, 0.15) is 43.6 Å². The number of thioether (sulfide) groups is 1. The lowest BCUT2D eigenvalue weighted by Gasteiger charge is -2.21. The number of hydrogen-bond acceptors (Lipinski definition) is 5. The molecule has 0 radical (unpaired) electrons. The average molecular weight is 281 g/mol. The van der Waals surface area contributed by atoms with E-state index in [0.717, 1.165) is 11.8 Å². The minimum Gasteiger partial charge on any atom is -0.456 e. The van der Waals surface area contributed by atoms with Gasteiger partial charge < -0.3 is 10.5 Å². The van der Waals surface area contributed by atoms with Gasteiger partial charge in [-0.05, 0) is 38.5 Å². The summed E-state index contributed by atoms with van der Waals surface area (Å²) in [7, 11) is 0. The molecule has 0 saturated heterocycles. The van der Waals surface area contributed by atoms with E-state index in [-0.39, 0.29) is 5.12 Å². The van der Waals surface area contributed by atoms with E-state index in [1.54, 1.807) is 39.0 Å². The average Bonchev–Trinajstić information content (AvgIpc) is 2.24. The van der Waals surface area contributed by atoms with Crippen LogP contribution in [0.5, 0.6) is 0 Å². The molecule has 0 bridgehead atoms. The van der Waals surface area contributed by atoms with Crippen LogP contribution < -0.4 is 5.73 Å². The van der Waals surface area contributed by atoms with Crippen LogP contribution in [-0.4, -0.2) is 16.7 Å². The minimum absolute atomic E-state index is 0.0154. The summed E-state index contributed by atoms with van der Waals surface area (Å²) < 4.78 is 5.34. The van der Waals surface area contributed by atoms with Crippen LogP contribution in [0.4, 0.5) is 5.69 Å². The maximum Gasteiger partial charge on any atom is 0.339 e. The van der Waals surface area contributed by atoms with Crippen LogP contribution in [-0.2, 0) is 15.3 Å². The second kappa shape index (κ2) is 6.10. The van der Waals surface area contributed by atoms with E-state index in [1.165, 1.54) is 6.92 Å². The molecular weight excluding hydrogens is 262 g/mol. The van der Waals surface area contributed by atoms with Gasteiger partial charge in [0.25, 0.3) is 0 Å². The lowest BCUT2D eigenvalue weighted by Crippen LogP contribution is -2.24. The summed E-state index contributed by atoms with van der Waals surface area (Å²) in [4.78, 5) is 23.2. The molecule has 0 aromatic heterocycles. The molecule has 0 aliphatic carbocycles. The van der Waals surface area contributed by atoms with E-state index in [2.05, 4.69) is 0 Å². The molecule has 0 unspecified atom stereocenters.